The molecule has 0 heterocycles. The maximum absolute atomic E-state index is 10.7. The predicted molar refractivity (Wildman–Crippen MR) is 86.2 cm³/mol. The van der Waals surface area contributed by atoms with Gasteiger partial charge in [-0.25, -0.2) is 0 Å². The van der Waals surface area contributed by atoms with Crippen molar-refractivity contribution in [2.45, 2.75) is 30.8 Å². The van der Waals surface area contributed by atoms with Crippen LogP contribution >= 0.6 is 27.5 Å². The summed E-state index contributed by atoms with van der Waals surface area (Å²) >= 11 is 9.65. The van der Waals surface area contributed by atoms with E-state index in [1.807, 2.05) is 36.4 Å². The van der Waals surface area contributed by atoms with Gasteiger partial charge in [0.1, 0.15) is 0 Å². The molecule has 0 radical (unpaired) electrons. The Morgan fingerprint density at radius 2 is 1.85 bits per heavy atom. The zero-order chi connectivity index (χ0) is 14.2. The van der Waals surface area contributed by atoms with Crippen LogP contribution < -0.4 is 0 Å². The fraction of sp³-hybridized carbons (Fsp3) is 0.294. The predicted octanol–water partition coefficient (Wildman–Crippen LogP) is 4.74. The van der Waals surface area contributed by atoms with Crippen molar-refractivity contribution in [3.05, 3.63) is 69.2 Å². The van der Waals surface area contributed by atoms with Gasteiger partial charge in [-0.3, -0.25) is 0 Å². The number of hydrogen-bond donors (Lipinski definition) is 1. The second-order valence-electron chi connectivity index (χ2n) is 5.48. The van der Waals surface area contributed by atoms with Crippen LogP contribution in [0.1, 0.15) is 24.0 Å². The molecule has 2 aromatic rings. The van der Waals surface area contributed by atoms with Gasteiger partial charge in [-0.2, -0.15) is 0 Å². The zero-order valence-electron chi connectivity index (χ0n) is 11.0. The van der Waals surface area contributed by atoms with Crippen molar-refractivity contribution in [3.63, 3.8) is 0 Å². The molecule has 1 atom stereocenters. The molecule has 1 unspecified atom stereocenters. The summed E-state index contributed by atoms with van der Waals surface area (Å²) in [6.07, 6.45) is 2.31. The van der Waals surface area contributed by atoms with Crippen molar-refractivity contribution in [3.8, 4) is 0 Å². The lowest BCUT2D eigenvalue weighted by Crippen LogP contribution is -2.28. The quantitative estimate of drug-likeness (QED) is 0.843. The molecule has 3 rings (SSSR count). The molecule has 0 spiro atoms. The molecule has 1 N–H and O–H groups in total. The number of aliphatic hydroxyl groups is 1. The summed E-state index contributed by atoms with van der Waals surface area (Å²) in [5.74, 6) is 0. The summed E-state index contributed by atoms with van der Waals surface area (Å²) in [4.78, 5) is 0. The van der Waals surface area contributed by atoms with Gasteiger partial charge in [0.05, 0.1) is 6.10 Å². The first kappa shape index (κ1) is 14.1. The highest BCUT2D eigenvalue weighted by Gasteiger charge is 2.50. The first-order chi connectivity index (χ1) is 9.62. The van der Waals surface area contributed by atoms with Gasteiger partial charge in [0.15, 0.2) is 0 Å². The third-order valence-corrected chi connectivity index (χ3v) is 5.05. The Balaban J connectivity index is 1.81. The first-order valence-corrected chi connectivity index (χ1v) is 7.96. The molecule has 1 fully saturated rings. The summed E-state index contributed by atoms with van der Waals surface area (Å²) in [7, 11) is 0. The first-order valence-electron chi connectivity index (χ1n) is 6.79. The fourth-order valence-electron chi connectivity index (χ4n) is 2.81. The Kier molecular flexibility index (Phi) is 3.89. The standard InChI is InChI=1S/C17H16BrClO/c18-14-7-6-12(15(19)11-14)10-16(20)17(8-9-17)13-4-2-1-3-5-13/h1-7,11,16,20H,8-10H2. The van der Waals surface area contributed by atoms with E-state index in [0.29, 0.717) is 11.4 Å². The maximum Gasteiger partial charge on any atom is 0.0677 e. The van der Waals surface area contributed by atoms with Crippen molar-refractivity contribution >= 4 is 27.5 Å². The molecule has 0 aliphatic heterocycles. The van der Waals surface area contributed by atoms with E-state index in [-0.39, 0.29) is 11.5 Å². The molecule has 104 valence electrons. The van der Waals surface area contributed by atoms with Crippen LogP contribution in [0.15, 0.2) is 53.0 Å². The Hall–Kier alpha value is -0.830. The molecule has 1 aliphatic carbocycles. The van der Waals surface area contributed by atoms with Crippen molar-refractivity contribution in [2.24, 2.45) is 0 Å². The number of aliphatic hydroxyl groups excluding tert-OH is 1. The lowest BCUT2D eigenvalue weighted by atomic mass is 9.86. The topological polar surface area (TPSA) is 20.2 Å². The molecule has 2 aromatic carbocycles. The van der Waals surface area contributed by atoms with Crippen LogP contribution in [0.2, 0.25) is 5.02 Å². The Morgan fingerprint density at radius 1 is 1.15 bits per heavy atom. The van der Waals surface area contributed by atoms with Crippen LogP contribution in [0.4, 0.5) is 0 Å². The fourth-order valence-corrected chi connectivity index (χ4v) is 3.56. The monoisotopic (exact) mass is 350 g/mol. The molecule has 1 saturated carbocycles. The van der Waals surface area contributed by atoms with E-state index < -0.39 is 0 Å². The van der Waals surface area contributed by atoms with Gasteiger partial charge < -0.3 is 5.11 Å². The smallest absolute Gasteiger partial charge is 0.0677 e. The second kappa shape index (κ2) is 5.51. The van der Waals surface area contributed by atoms with E-state index in [2.05, 4.69) is 28.1 Å². The van der Waals surface area contributed by atoms with E-state index in [4.69, 9.17) is 11.6 Å². The minimum Gasteiger partial charge on any atom is -0.392 e. The molecule has 0 aromatic heterocycles. The van der Waals surface area contributed by atoms with Gasteiger partial charge >= 0.3 is 0 Å². The molecule has 1 nitrogen and oxygen atoms in total. The summed E-state index contributed by atoms with van der Waals surface area (Å²) in [6.45, 7) is 0. The molecular formula is C17H16BrClO. The normalized spacial score (nSPS) is 17.8. The highest BCUT2D eigenvalue weighted by molar-refractivity contribution is 9.10. The van der Waals surface area contributed by atoms with E-state index in [1.54, 1.807) is 0 Å². The third-order valence-electron chi connectivity index (χ3n) is 4.20. The summed E-state index contributed by atoms with van der Waals surface area (Å²) in [5, 5.41) is 11.4. The average molecular weight is 352 g/mol. The minimum absolute atomic E-state index is 0.0718. The summed E-state index contributed by atoms with van der Waals surface area (Å²) < 4.78 is 0.963. The zero-order valence-corrected chi connectivity index (χ0v) is 13.4. The van der Waals surface area contributed by atoms with Crippen LogP contribution in [0.25, 0.3) is 0 Å². The van der Waals surface area contributed by atoms with Gasteiger partial charge in [0.2, 0.25) is 0 Å². The van der Waals surface area contributed by atoms with Crippen molar-refractivity contribution in [2.75, 3.05) is 0 Å². The van der Waals surface area contributed by atoms with E-state index in [9.17, 15) is 5.11 Å². The van der Waals surface area contributed by atoms with Crippen molar-refractivity contribution in [1.82, 2.24) is 0 Å². The number of halogens is 2. The SMILES string of the molecule is OC(Cc1ccc(Br)cc1Cl)C1(c2ccccc2)CC1. The van der Waals surface area contributed by atoms with E-state index >= 15 is 0 Å². The molecule has 0 amide bonds. The lowest BCUT2D eigenvalue weighted by Gasteiger charge is -2.23. The van der Waals surface area contributed by atoms with Gasteiger partial charge in [0.25, 0.3) is 0 Å². The Labute approximate surface area is 132 Å². The lowest BCUT2D eigenvalue weighted by molar-refractivity contribution is 0.131. The number of benzene rings is 2. The maximum atomic E-state index is 10.7. The molecular weight excluding hydrogens is 336 g/mol. The largest absolute Gasteiger partial charge is 0.392 e. The Bertz CT molecular complexity index is 608. The molecule has 20 heavy (non-hydrogen) atoms. The van der Waals surface area contributed by atoms with Crippen LogP contribution in [-0.4, -0.2) is 11.2 Å². The van der Waals surface area contributed by atoms with Crippen LogP contribution in [0.5, 0.6) is 0 Å². The summed E-state index contributed by atoms with van der Waals surface area (Å²) in [6, 6.07) is 16.1. The van der Waals surface area contributed by atoms with Gasteiger partial charge in [-0.05, 0) is 36.1 Å². The van der Waals surface area contributed by atoms with Crippen LogP contribution in [-0.2, 0) is 11.8 Å². The highest BCUT2D eigenvalue weighted by Crippen LogP contribution is 2.51. The van der Waals surface area contributed by atoms with Gasteiger partial charge in [0, 0.05) is 21.3 Å². The van der Waals surface area contributed by atoms with Crippen LogP contribution in [0.3, 0.4) is 0 Å². The Morgan fingerprint density at radius 3 is 2.45 bits per heavy atom. The average Bonchev–Trinajstić information content (AvgIpc) is 3.24. The number of hydrogen-bond acceptors (Lipinski definition) is 1. The summed E-state index contributed by atoms with van der Waals surface area (Å²) in [5.41, 5.74) is 2.17. The van der Waals surface area contributed by atoms with Gasteiger partial charge in [-0.1, -0.05) is 63.9 Å². The second-order valence-corrected chi connectivity index (χ2v) is 6.80. The van der Waals surface area contributed by atoms with Crippen molar-refractivity contribution in [1.29, 1.82) is 0 Å². The number of rotatable bonds is 4. The van der Waals surface area contributed by atoms with Gasteiger partial charge in [-0.15, -0.1) is 0 Å². The molecule has 3 heteroatoms. The van der Waals surface area contributed by atoms with E-state index in [0.717, 1.165) is 22.9 Å². The highest BCUT2D eigenvalue weighted by atomic mass is 79.9. The molecule has 0 bridgehead atoms. The van der Waals surface area contributed by atoms with Crippen LogP contribution in [0, 0.1) is 0 Å². The van der Waals surface area contributed by atoms with Crippen molar-refractivity contribution < 1.29 is 5.11 Å². The molecule has 1 aliphatic rings. The third kappa shape index (κ3) is 2.65. The van der Waals surface area contributed by atoms with E-state index in [1.165, 1.54) is 5.56 Å². The minimum atomic E-state index is -0.386. The molecule has 0 saturated heterocycles.